The Morgan fingerprint density at radius 3 is 2.71 bits per heavy atom. The molecule has 2 bridgehead atoms. The summed E-state index contributed by atoms with van der Waals surface area (Å²) in [6.45, 7) is 0. The number of hydrogen-bond acceptors (Lipinski definition) is 2. The Bertz CT molecular complexity index is 607. The van der Waals surface area contributed by atoms with Gasteiger partial charge in [-0.2, -0.15) is 0 Å². The molecule has 21 heavy (non-hydrogen) atoms. The lowest BCUT2D eigenvalue weighted by Crippen LogP contribution is -2.47. The van der Waals surface area contributed by atoms with Crippen LogP contribution in [0.3, 0.4) is 0 Å². The van der Waals surface area contributed by atoms with Crippen LogP contribution in [0.2, 0.25) is 0 Å². The zero-order chi connectivity index (χ0) is 15.1. The van der Waals surface area contributed by atoms with Crippen LogP contribution in [0.4, 0.5) is 4.39 Å². The smallest absolute Gasteiger partial charge is 0.308 e. The Hall–Kier alpha value is -1.43. The average molecular weight is 356 g/mol. The van der Waals surface area contributed by atoms with Gasteiger partial charge in [0.25, 0.3) is 5.91 Å². The van der Waals surface area contributed by atoms with E-state index in [2.05, 4.69) is 21.2 Å². The van der Waals surface area contributed by atoms with Crippen LogP contribution >= 0.6 is 15.9 Å². The molecule has 0 radical (unpaired) electrons. The highest BCUT2D eigenvalue weighted by molar-refractivity contribution is 9.10. The van der Waals surface area contributed by atoms with Gasteiger partial charge in [-0.1, -0.05) is 6.07 Å². The molecule has 2 fully saturated rings. The third kappa shape index (κ3) is 2.46. The summed E-state index contributed by atoms with van der Waals surface area (Å²) in [4.78, 5) is 23.7. The molecule has 0 aliphatic heterocycles. The highest BCUT2D eigenvalue weighted by Crippen LogP contribution is 2.48. The fraction of sp³-hybridized carbons (Fsp3) is 0.467. The zero-order valence-electron chi connectivity index (χ0n) is 11.2. The number of carbonyl (C=O) groups excluding carboxylic acids is 1. The predicted molar refractivity (Wildman–Crippen MR) is 77.3 cm³/mol. The summed E-state index contributed by atoms with van der Waals surface area (Å²) in [6.07, 6.45) is 2.67. The number of halogens is 2. The van der Waals surface area contributed by atoms with Crippen molar-refractivity contribution in [1.82, 2.24) is 5.32 Å². The van der Waals surface area contributed by atoms with E-state index in [0.717, 1.165) is 19.3 Å². The second-order valence-electron chi connectivity index (χ2n) is 5.80. The molecule has 0 aromatic heterocycles. The van der Waals surface area contributed by atoms with Gasteiger partial charge in [-0.05, 0) is 59.2 Å². The van der Waals surface area contributed by atoms with E-state index in [4.69, 9.17) is 0 Å². The first kappa shape index (κ1) is 14.5. The van der Waals surface area contributed by atoms with Crippen LogP contribution in [0.5, 0.6) is 0 Å². The van der Waals surface area contributed by atoms with Crippen molar-refractivity contribution in [3.8, 4) is 0 Å². The van der Waals surface area contributed by atoms with Crippen LogP contribution in [0, 0.1) is 23.6 Å². The van der Waals surface area contributed by atoms with Crippen molar-refractivity contribution in [2.24, 2.45) is 17.8 Å². The van der Waals surface area contributed by atoms with Crippen molar-refractivity contribution in [1.29, 1.82) is 0 Å². The molecule has 2 aliphatic carbocycles. The van der Waals surface area contributed by atoms with Gasteiger partial charge in [-0.15, -0.1) is 0 Å². The zero-order valence-corrected chi connectivity index (χ0v) is 12.8. The van der Waals surface area contributed by atoms with Crippen molar-refractivity contribution in [2.75, 3.05) is 0 Å². The minimum atomic E-state index is -0.873. The van der Waals surface area contributed by atoms with Crippen molar-refractivity contribution >= 4 is 27.8 Å². The Labute approximate surface area is 129 Å². The van der Waals surface area contributed by atoms with Gasteiger partial charge in [0.1, 0.15) is 5.82 Å². The fourth-order valence-corrected chi connectivity index (χ4v) is 4.13. The van der Waals surface area contributed by atoms with E-state index in [0.29, 0.717) is 0 Å². The van der Waals surface area contributed by atoms with Crippen LogP contribution in [0.1, 0.15) is 29.6 Å². The summed E-state index contributed by atoms with van der Waals surface area (Å²) >= 11 is 3.05. The third-order valence-corrected chi connectivity index (χ3v) is 5.31. The van der Waals surface area contributed by atoms with Gasteiger partial charge in [0.05, 0.1) is 16.0 Å². The number of carbonyl (C=O) groups is 2. The Balaban J connectivity index is 1.81. The number of carboxylic acid groups (broad SMARTS) is 1. The first-order valence-corrected chi connectivity index (χ1v) is 7.76. The molecular weight excluding hydrogens is 341 g/mol. The molecule has 112 valence electrons. The number of benzene rings is 1. The van der Waals surface area contributed by atoms with Crippen molar-refractivity contribution < 1.29 is 19.1 Å². The topological polar surface area (TPSA) is 66.4 Å². The number of rotatable bonds is 3. The molecule has 1 aromatic rings. The summed E-state index contributed by atoms with van der Waals surface area (Å²) in [6, 6.07) is 4.10. The SMILES string of the molecule is O=C(NC1C2CCC(C2)C1C(=O)O)c1cccc(Br)c1F. The maximum Gasteiger partial charge on any atom is 0.308 e. The largest absolute Gasteiger partial charge is 0.481 e. The molecule has 2 aliphatic rings. The van der Waals surface area contributed by atoms with E-state index in [1.807, 2.05) is 0 Å². The van der Waals surface area contributed by atoms with Crippen LogP contribution in [-0.4, -0.2) is 23.0 Å². The summed E-state index contributed by atoms with van der Waals surface area (Å²) in [7, 11) is 0. The summed E-state index contributed by atoms with van der Waals surface area (Å²) in [5, 5.41) is 12.1. The number of amides is 1. The van der Waals surface area contributed by atoms with Gasteiger partial charge in [-0.25, -0.2) is 4.39 Å². The second kappa shape index (κ2) is 5.40. The summed E-state index contributed by atoms with van der Waals surface area (Å²) in [5.74, 6) is -2.27. The van der Waals surface area contributed by atoms with Crippen molar-refractivity contribution in [3.63, 3.8) is 0 Å². The normalized spacial score (nSPS) is 30.4. The van der Waals surface area contributed by atoms with Gasteiger partial charge in [0.2, 0.25) is 0 Å². The summed E-state index contributed by atoms with van der Waals surface area (Å²) < 4.78 is 14.2. The molecule has 2 saturated carbocycles. The predicted octanol–water partition coefficient (Wildman–Crippen LogP) is 2.82. The molecule has 2 N–H and O–H groups in total. The highest BCUT2D eigenvalue weighted by atomic mass is 79.9. The van der Waals surface area contributed by atoms with Crippen LogP contribution in [-0.2, 0) is 4.79 Å². The second-order valence-corrected chi connectivity index (χ2v) is 6.65. The lowest BCUT2D eigenvalue weighted by molar-refractivity contribution is -0.144. The van der Waals surface area contributed by atoms with E-state index in [-0.39, 0.29) is 21.9 Å². The maximum atomic E-state index is 13.9. The molecular formula is C15H15BrFNO3. The third-order valence-electron chi connectivity index (χ3n) is 4.70. The first-order valence-electron chi connectivity index (χ1n) is 6.96. The Morgan fingerprint density at radius 2 is 2.00 bits per heavy atom. The van der Waals surface area contributed by atoms with Crippen molar-refractivity contribution in [2.45, 2.75) is 25.3 Å². The summed E-state index contributed by atoms with van der Waals surface area (Å²) in [5.41, 5.74) is -0.0590. The van der Waals surface area contributed by atoms with Gasteiger partial charge >= 0.3 is 5.97 Å². The standard InChI is InChI=1S/C15H15BrFNO3/c16-10-3-1-2-9(12(10)17)14(19)18-13-8-5-4-7(6-8)11(13)15(20)21/h1-3,7-8,11,13H,4-6H2,(H,18,19)(H,20,21). The van der Waals surface area contributed by atoms with Crippen LogP contribution in [0.25, 0.3) is 0 Å². The van der Waals surface area contributed by atoms with Gasteiger partial charge in [0, 0.05) is 6.04 Å². The first-order chi connectivity index (χ1) is 9.99. The van der Waals surface area contributed by atoms with Gasteiger partial charge < -0.3 is 10.4 Å². The van der Waals surface area contributed by atoms with E-state index < -0.39 is 29.7 Å². The molecule has 1 amide bonds. The average Bonchev–Trinajstić information content (AvgIpc) is 3.02. The number of hydrogen-bond donors (Lipinski definition) is 2. The Morgan fingerprint density at radius 1 is 1.29 bits per heavy atom. The number of carboxylic acids is 1. The molecule has 0 heterocycles. The van der Waals surface area contributed by atoms with Crippen molar-refractivity contribution in [3.05, 3.63) is 34.1 Å². The van der Waals surface area contributed by atoms with Gasteiger partial charge in [0.15, 0.2) is 0 Å². The van der Waals surface area contributed by atoms with Gasteiger partial charge in [-0.3, -0.25) is 9.59 Å². The lowest BCUT2D eigenvalue weighted by atomic mass is 9.84. The van der Waals surface area contributed by atoms with E-state index in [1.165, 1.54) is 12.1 Å². The molecule has 0 saturated heterocycles. The number of aliphatic carboxylic acids is 1. The molecule has 6 heteroatoms. The van der Waals surface area contributed by atoms with Crippen LogP contribution in [0.15, 0.2) is 22.7 Å². The minimum absolute atomic E-state index is 0.0590. The van der Waals surface area contributed by atoms with E-state index >= 15 is 0 Å². The molecule has 4 atom stereocenters. The monoisotopic (exact) mass is 355 g/mol. The number of nitrogens with one attached hydrogen (secondary N) is 1. The lowest BCUT2D eigenvalue weighted by Gasteiger charge is -2.28. The van der Waals surface area contributed by atoms with E-state index in [9.17, 15) is 19.1 Å². The fourth-order valence-electron chi connectivity index (χ4n) is 3.76. The molecule has 1 aromatic carbocycles. The highest BCUT2D eigenvalue weighted by Gasteiger charge is 2.51. The number of fused-ring (bicyclic) bond motifs is 2. The molecule has 4 unspecified atom stereocenters. The molecule has 0 spiro atoms. The maximum absolute atomic E-state index is 13.9. The molecule has 3 rings (SSSR count). The Kier molecular flexibility index (Phi) is 3.73. The minimum Gasteiger partial charge on any atom is -0.481 e. The van der Waals surface area contributed by atoms with E-state index in [1.54, 1.807) is 6.07 Å². The quantitative estimate of drug-likeness (QED) is 0.875. The molecule has 4 nitrogen and oxygen atoms in total. The van der Waals surface area contributed by atoms with Crippen LogP contribution < -0.4 is 5.32 Å².